The van der Waals surface area contributed by atoms with Crippen LogP contribution in [0.2, 0.25) is 0 Å². The highest BCUT2D eigenvalue weighted by atomic mass is 14.9. The van der Waals surface area contributed by atoms with Crippen molar-refractivity contribution in [3.8, 4) is 0 Å². The highest BCUT2D eigenvalue weighted by Crippen LogP contribution is 2.09. The van der Waals surface area contributed by atoms with E-state index in [-0.39, 0.29) is 0 Å². The molecule has 1 atom stereocenters. The summed E-state index contributed by atoms with van der Waals surface area (Å²) < 4.78 is 2.24. The predicted molar refractivity (Wildman–Crippen MR) is 78.8 cm³/mol. The molecule has 1 unspecified atom stereocenters. The molecule has 0 bridgehead atoms. The summed E-state index contributed by atoms with van der Waals surface area (Å²) in [5.41, 5.74) is 1.46. The summed E-state index contributed by atoms with van der Waals surface area (Å²) in [5.74, 6) is 0. The molecule has 2 nitrogen and oxygen atoms in total. The van der Waals surface area contributed by atoms with Crippen LogP contribution < -0.4 is 15.9 Å². The van der Waals surface area contributed by atoms with Crippen molar-refractivity contribution < 1.29 is 0 Å². The lowest BCUT2D eigenvalue weighted by Crippen LogP contribution is -2.31. The van der Waals surface area contributed by atoms with Gasteiger partial charge in [0.25, 0.3) is 0 Å². The van der Waals surface area contributed by atoms with Crippen LogP contribution in [-0.4, -0.2) is 17.2 Å². The van der Waals surface area contributed by atoms with E-state index in [0.29, 0.717) is 6.04 Å². The highest BCUT2D eigenvalue weighted by molar-refractivity contribution is 5.41. The van der Waals surface area contributed by atoms with Crippen LogP contribution in [0.1, 0.15) is 32.3 Å². The number of allylic oxidation sites excluding steroid dienone is 2. The van der Waals surface area contributed by atoms with Gasteiger partial charge < -0.3 is 9.88 Å². The van der Waals surface area contributed by atoms with E-state index in [2.05, 4.69) is 61.3 Å². The Morgan fingerprint density at radius 3 is 2.89 bits per heavy atom. The molecule has 0 aliphatic carbocycles. The van der Waals surface area contributed by atoms with Crippen molar-refractivity contribution in [2.24, 2.45) is 7.05 Å². The molecule has 1 aromatic heterocycles. The van der Waals surface area contributed by atoms with Crippen molar-refractivity contribution in [1.29, 1.82) is 0 Å². The first-order valence-electron chi connectivity index (χ1n) is 6.93. The second-order valence-electron chi connectivity index (χ2n) is 5.04. The summed E-state index contributed by atoms with van der Waals surface area (Å²) in [7, 11) is 2.13. The van der Waals surface area contributed by atoms with Crippen LogP contribution in [0.4, 0.5) is 0 Å². The van der Waals surface area contributed by atoms with Crippen LogP contribution >= 0.6 is 0 Å². The first-order chi connectivity index (χ1) is 8.76. The molecule has 0 amide bonds. The topological polar surface area (TPSA) is 17.0 Å². The van der Waals surface area contributed by atoms with Crippen LogP contribution in [0, 0.1) is 0 Å². The van der Waals surface area contributed by atoms with Crippen LogP contribution in [0.3, 0.4) is 0 Å². The number of aromatic nitrogens is 1. The van der Waals surface area contributed by atoms with Gasteiger partial charge in [0.15, 0.2) is 0 Å². The van der Waals surface area contributed by atoms with Crippen LogP contribution in [0.25, 0.3) is 12.2 Å². The number of nitrogens with one attached hydrogen (secondary N) is 1. The Bertz CT molecular complexity index is 528. The Labute approximate surface area is 110 Å². The maximum atomic E-state index is 3.58. The fourth-order valence-corrected chi connectivity index (χ4v) is 2.83. The molecule has 98 valence electrons. The normalized spacial score (nSPS) is 22.5. The van der Waals surface area contributed by atoms with Crippen molar-refractivity contribution in [3.05, 3.63) is 34.5 Å². The molecule has 1 aliphatic rings. The molecule has 0 saturated carbocycles. The maximum Gasteiger partial charge on any atom is 0.0437 e. The molecular formula is C16H24N2. The summed E-state index contributed by atoms with van der Waals surface area (Å²) in [5, 5.41) is 6.29. The van der Waals surface area contributed by atoms with Crippen molar-refractivity contribution in [1.82, 2.24) is 9.88 Å². The molecule has 18 heavy (non-hydrogen) atoms. The number of aryl methyl sites for hydroxylation is 1. The monoisotopic (exact) mass is 244 g/mol. The Kier molecular flexibility index (Phi) is 4.43. The molecule has 1 fully saturated rings. The predicted octanol–water partition coefficient (Wildman–Crippen LogP) is 1.48. The van der Waals surface area contributed by atoms with E-state index >= 15 is 0 Å². The Hall–Kier alpha value is -1.28. The number of hydrogen-bond acceptors (Lipinski definition) is 1. The Morgan fingerprint density at radius 1 is 1.44 bits per heavy atom. The van der Waals surface area contributed by atoms with Crippen molar-refractivity contribution >= 4 is 12.2 Å². The first-order valence-corrected chi connectivity index (χ1v) is 6.93. The average Bonchev–Trinajstić information content (AvgIpc) is 2.95. The van der Waals surface area contributed by atoms with E-state index in [1.54, 1.807) is 0 Å². The second kappa shape index (κ2) is 6.05. The van der Waals surface area contributed by atoms with Gasteiger partial charge in [-0.05, 0) is 45.2 Å². The van der Waals surface area contributed by atoms with Gasteiger partial charge in [-0.1, -0.05) is 24.3 Å². The highest BCUT2D eigenvalue weighted by Gasteiger charge is 2.15. The van der Waals surface area contributed by atoms with E-state index in [1.165, 1.54) is 35.5 Å². The fraction of sp³-hybridized carbons (Fsp3) is 0.500. The second-order valence-corrected chi connectivity index (χ2v) is 5.04. The molecule has 2 rings (SSSR count). The lowest BCUT2D eigenvalue weighted by molar-refractivity contribution is 0.601. The van der Waals surface area contributed by atoms with Gasteiger partial charge in [-0.25, -0.2) is 0 Å². The van der Waals surface area contributed by atoms with Crippen LogP contribution in [-0.2, 0) is 13.5 Å². The minimum absolute atomic E-state index is 0.662. The van der Waals surface area contributed by atoms with Gasteiger partial charge in [0.05, 0.1) is 0 Å². The van der Waals surface area contributed by atoms with Gasteiger partial charge in [0.2, 0.25) is 0 Å². The van der Waals surface area contributed by atoms with E-state index in [1.807, 2.05) is 0 Å². The van der Waals surface area contributed by atoms with E-state index in [0.717, 1.165) is 6.42 Å². The molecule has 0 spiro atoms. The number of rotatable bonds is 3. The number of nitrogens with zero attached hydrogens (tertiary/aromatic N) is 1. The molecule has 0 aromatic carbocycles. The largest absolute Gasteiger partial charge is 0.351 e. The van der Waals surface area contributed by atoms with E-state index in [4.69, 9.17) is 0 Å². The van der Waals surface area contributed by atoms with E-state index < -0.39 is 0 Å². The minimum atomic E-state index is 0.662. The van der Waals surface area contributed by atoms with Gasteiger partial charge >= 0.3 is 0 Å². The zero-order valence-corrected chi connectivity index (χ0v) is 11.7. The summed E-state index contributed by atoms with van der Waals surface area (Å²) in [6, 6.07) is 0.662. The SMILES string of the molecule is C\C=C/C=c1/c(CC2CCCN2)cn(C)/c1=C/C. The number of hydrogen-bond donors (Lipinski definition) is 1. The van der Waals surface area contributed by atoms with Gasteiger partial charge in [-0.15, -0.1) is 0 Å². The Balaban J connectivity index is 2.40. The average molecular weight is 244 g/mol. The maximum absolute atomic E-state index is 3.58. The van der Waals surface area contributed by atoms with Crippen LogP contribution in [0.5, 0.6) is 0 Å². The van der Waals surface area contributed by atoms with Gasteiger partial charge in [-0.3, -0.25) is 0 Å². The molecule has 1 N–H and O–H groups in total. The third-order valence-corrected chi connectivity index (χ3v) is 3.71. The fourth-order valence-electron chi connectivity index (χ4n) is 2.83. The molecule has 1 aliphatic heterocycles. The third-order valence-electron chi connectivity index (χ3n) is 3.71. The molecule has 2 heteroatoms. The lowest BCUT2D eigenvalue weighted by atomic mass is 10.1. The zero-order valence-electron chi connectivity index (χ0n) is 11.7. The first kappa shape index (κ1) is 13.2. The molecule has 2 heterocycles. The smallest absolute Gasteiger partial charge is 0.0437 e. The summed E-state index contributed by atoms with van der Waals surface area (Å²) >= 11 is 0. The molecule has 1 saturated heterocycles. The molecule has 0 radical (unpaired) electrons. The van der Waals surface area contributed by atoms with Crippen LogP contribution in [0.15, 0.2) is 18.3 Å². The molecule has 1 aromatic rings. The summed E-state index contributed by atoms with van der Waals surface area (Å²) in [6.07, 6.45) is 14.7. The summed E-state index contributed by atoms with van der Waals surface area (Å²) in [4.78, 5) is 0. The van der Waals surface area contributed by atoms with E-state index in [9.17, 15) is 0 Å². The summed E-state index contributed by atoms with van der Waals surface area (Å²) in [6.45, 7) is 5.35. The van der Waals surface area contributed by atoms with Gasteiger partial charge in [-0.2, -0.15) is 0 Å². The van der Waals surface area contributed by atoms with Crippen molar-refractivity contribution in [2.75, 3.05) is 6.54 Å². The molecular weight excluding hydrogens is 220 g/mol. The van der Waals surface area contributed by atoms with Gasteiger partial charge in [0.1, 0.15) is 0 Å². The van der Waals surface area contributed by atoms with Gasteiger partial charge in [0, 0.05) is 29.9 Å². The quantitative estimate of drug-likeness (QED) is 0.852. The van der Waals surface area contributed by atoms with Crippen molar-refractivity contribution in [2.45, 2.75) is 39.2 Å². The Morgan fingerprint density at radius 2 is 2.28 bits per heavy atom. The third kappa shape index (κ3) is 2.75. The zero-order chi connectivity index (χ0) is 13.0. The lowest BCUT2D eigenvalue weighted by Gasteiger charge is -2.08. The minimum Gasteiger partial charge on any atom is -0.351 e. The standard InChI is InChI=1S/C16H24N2/c1-4-6-9-15-13(11-14-8-7-10-17-14)12-18(3)16(15)5-2/h4-6,9,12,14,17H,7-8,10-11H2,1-3H3/b6-4-,15-9-,16-5+. The van der Waals surface area contributed by atoms with Crippen molar-refractivity contribution in [3.63, 3.8) is 0 Å².